The van der Waals surface area contributed by atoms with Gasteiger partial charge in [-0.3, -0.25) is 9.89 Å². The third kappa shape index (κ3) is 4.62. The zero-order valence-electron chi connectivity index (χ0n) is 19.7. The molecule has 2 aliphatic rings. The summed E-state index contributed by atoms with van der Waals surface area (Å²) < 4.78 is 32.8. The van der Waals surface area contributed by atoms with Crippen molar-refractivity contribution in [2.45, 2.75) is 18.0 Å². The average molecular weight is 497 g/mol. The number of hydrogen-bond donors (Lipinski definition) is 2. The van der Waals surface area contributed by atoms with E-state index in [0.29, 0.717) is 28.4 Å². The molecule has 0 bridgehead atoms. The van der Waals surface area contributed by atoms with E-state index in [0.717, 1.165) is 31.9 Å². The molecule has 35 heavy (non-hydrogen) atoms. The molecular formula is C24H28N6O4S. The lowest BCUT2D eigenvalue weighted by molar-refractivity contribution is 0.102. The van der Waals surface area contributed by atoms with Crippen molar-refractivity contribution in [1.82, 2.24) is 19.4 Å². The molecule has 5 rings (SSSR count). The van der Waals surface area contributed by atoms with E-state index >= 15 is 0 Å². The first-order valence-electron chi connectivity index (χ1n) is 11.4. The van der Waals surface area contributed by atoms with Crippen LogP contribution in [0.5, 0.6) is 5.75 Å². The molecule has 1 fully saturated rings. The first-order valence-corrected chi connectivity index (χ1v) is 12.8. The Kier molecular flexibility index (Phi) is 6.22. The average Bonchev–Trinajstić information content (AvgIpc) is 3.47. The third-order valence-electron chi connectivity index (χ3n) is 6.53. The molecule has 0 aliphatic carbocycles. The van der Waals surface area contributed by atoms with Crippen LogP contribution in [0.25, 0.3) is 0 Å². The maximum atomic E-state index is 13.1. The molecule has 0 radical (unpaired) electrons. The third-order valence-corrected chi connectivity index (χ3v) is 8.32. The Bertz CT molecular complexity index is 1330. The molecule has 0 atom stereocenters. The van der Waals surface area contributed by atoms with E-state index in [1.165, 1.54) is 23.5 Å². The fraction of sp³-hybridized carbons (Fsp3) is 0.333. The van der Waals surface area contributed by atoms with Gasteiger partial charge in [0.15, 0.2) is 5.82 Å². The van der Waals surface area contributed by atoms with Gasteiger partial charge in [0, 0.05) is 55.6 Å². The number of benzene rings is 2. The number of likely N-dealkylation sites (N-methyl/N-ethyl adjacent to an activating group) is 1. The highest BCUT2D eigenvalue weighted by molar-refractivity contribution is 7.89. The number of aromatic amines is 1. The van der Waals surface area contributed by atoms with Crippen LogP contribution in [0.15, 0.2) is 53.4 Å². The number of nitrogens with one attached hydrogen (secondary N) is 2. The van der Waals surface area contributed by atoms with E-state index in [4.69, 9.17) is 4.74 Å². The largest absolute Gasteiger partial charge is 0.497 e. The topological polar surface area (TPSA) is 111 Å². The van der Waals surface area contributed by atoms with Crippen molar-refractivity contribution in [1.29, 1.82) is 0 Å². The van der Waals surface area contributed by atoms with E-state index in [1.807, 2.05) is 12.1 Å². The summed E-state index contributed by atoms with van der Waals surface area (Å²) in [6.07, 6.45) is 0. The zero-order chi connectivity index (χ0) is 24.6. The Balaban J connectivity index is 1.27. The van der Waals surface area contributed by atoms with Crippen LogP contribution in [0.3, 0.4) is 0 Å². The lowest BCUT2D eigenvalue weighted by atomic mass is 10.1. The number of aromatic nitrogens is 2. The minimum Gasteiger partial charge on any atom is -0.497 e. The molecule has 2 aliphatic heterocycles. The van der Waals surface area contributed by atoms with E-state index in [2.05, 4.69) is 32.4 Å². The molecule has 3 aromatic rings. The van der Waals surface area contributed by atoms with Crippen LogP contribution in [0.4, 0.5) is 11.5 Å². The van der Waals surface area contributed by atoms with Gasteiger partial charge in [0.1, 0.15) is 5.75 Å². The number of H-pyrrole nitrogens is 1. The molecule has 184 valence electrons. The van der Waals surface area contributed by atoms with Gasteiger partial charge in [-0.1, -0.05) is 6.07 Å². The number of hydrogen-bond acceptors (Lipinski definition) is 7. The van der Waals surface area contributed by atoms with Gasteiger partial charge in [0.05, 0.1) is 24.2 Å². The summed E-state index contributed by atoms with van der Waals surface area (Å²) in [7, 11) is -0.132. The van der Waals surface area contributed by atoms with E-state index in [1.54, 1.807) is 24.3 Å². The number of nitrogens with zero attached hydrogens (tertiary/aromatic N) is 4. The number of carbonyl (C=O) groups is 1. The van der Waals surface area contributed by atoms with Crippen molar-refractivity contribution in [2.24, 2.45) is 0 Å². The summed E-state index contributed by atoms with van der Waals surface area (Å²) in [5, 5.41) is 9.91. The summed E-state index contributed by atoms with van der Waals surface area (Å²) in [6.45, 7) is 4.20. The molecule has 2 N–H and O–H groups in total. The van der Waals surface area contributed by atoms with Crippen LogP contribution < -0.4 is 15.0 Å². The van der Waals surface area contributed by atoms with Gasteiger partial charge in [0.2, 0.25) is 10.0 Å². The summed E-state index contributed by atoms with van der Waals surface area (Å²) in [5.41, 5.74) is 2.93. The van der Waals surface area contributed by atoms with E-state index in [9.17, 15) is 13.2 Å². The summed E-state index contributed by atoms with van der Waals surface area (Å²) >= 11 is 0. The maximum absolute atomic E-state index is 13.1. The molecule has 0 saturated carbocycles. The first kappa shape index (κ1) is 23.3. The quantitative estimate of drug-likeness (QED) is 0.538. The summed E-state index contributed by atoms with van der Waals surface area (Å²) in [4.78, 5) is 17.6. The number of methoxy groups -OCH3 is 1. The first-order chi connectivity index (χ1) is 16.8. The van der Waals surface area contributed by atoms with Crippen molar-refractivity contribution in [3.05, 3.63) is 65.4 Å². The Morgan fingerprint density at radius 2 is 1.80 bits per heavy atom. The minimum absolute atomic E-state index is 0.114. The molecule has 2 aromatic carbocycles. The monoisotopic (exact) mass is 496 g/mol. The number of piperazine rings is 1. The Hall–Kier alpha value is -3.41. The highest BCUT2D eigenvalue weighted by Gasteiger charge is 2.34. The van der Waals surface area contributed by atoms with E-state index in [-0.39, 0.29) is 23.9 Å². The lowest BCUT2D eigenvalue weighted by Crippen LogP contribution is -2.44. The number of carbonyl (C=O) groups excluding carboxylic acids is 1. The van der Waals surface area contributed by atoms with Gasteiger partial charge in [-0.15, -0.1) is 0 Å². The Labute approximate surface area is 204 Å². The normalized spacial score (nSPS) is 16.8. The van der Waals surface area contributed by atoms with Crippen molar-refractivity contribution in [2.75, 3.05) is 50.6 Å². The Morgan fingerprint density at radius 1 is 1.06 bits per heavy atom. The molecule has 0 unspecified atom stereocenters. The molecule has 1 saturated heterocycles. The maximum Gasteiger partial charge on any atom is 0.256 e. The summed E-state index contributed by atoms with van der Waals surface area (Å²) in [6, 6.07) is 13.9. The van der Waals surface area contributed by atoms with E-state index < -0.39 is 10.0 Å². The fourth-order valence-electron chi connectivity index (χ4n) is 4.36. The van der Waals surface area contributed by atoms with Gasteiger partial charge in [-0.25, -0.2) is 8.42 Å². The Morgan fingerprint density at radius 3 is 2.51 bits per heavy atom. The lowest BCUT2D eigenvalue weighted by Gasteiger charge is -2.34. The van der Waals surface area contributed by atoms with Crippen LogP contribution in [0, 0.1) is 0 Å². The van der Waals surface area contributed by atoms with Crippen LogP contribution in [-0.4, -0.2) is 74.1 Å². The van der Waals surface area contributed by atoms with Gasteiger partial charge in [-0.2, -0.15) is 9.40 Å². The van der Waals surface area contributed by atoms with Gasteiger partial charge >= 0.3 is 0 Å². The SMILES string of the molecule is COc1cccc(S(=O)(=O)N2Cc3[nH]nc(NC(=O)c4ccc(N5CCN(C)CC5)cc4)c3C2)c1. The molecule has 1 aromatic heterocycles. The smallest absolute Gasteiger partial charge is 0.256 e. The second kappa shape index (κ2) is 9.33. The van der Waals surface area contributed by atoms with Crippen LogP contribution in [0.2, 0.25) is 0 Å². The summed E-state index contributed by atoms with van der Waals surface area (Å²) in [5.74, 6) is 0.520. The van der Waals surface area contributed by atoms with Crippen molar-refractivity contribution < 1.29 is 17.9 Å². The number of amides is 1. The number of rotatable bonds is 6. The number of anilines is 2. The molecule has 3 heterocycles. The standard InChI is InChI=1S/C24H28N6O4S/c1-28-10-12-29(13-11-28)18-8-6-17(7-9-18)24(31)25-23-21-15-30(16-22(21)26-27-23)35(32,33)20-5-3-4-19(14-20)34-2/h3-9,14H,10-13,15-16H2,1-2H3,(H2,25,26,27,31). The molecule has 1 amide bonds. The highest BCUT2D eigenvalue weighted by atomic mass is 32.2. The van der Waals surface area contributed by atoms with Gasteiger partial charge < -0.3 is 19.9 Å². The number of fused-ring (bicyclic) bond motifs is 1. The number of sulfonamides is 1. The van der Waals surface area contributed by atoms with Crippen molar-refractivity contribution in [3.8, 4) is 5.75 Å². The predicted octanol–water partition coefficient (Wildman–Crippen LogP) is 2.13. The molecule has 10 nitrogen and oxygen atoms in total. The van der Waals surface area contributed by atoms with Crippen molar-refractivity contribution >= 4 is 27.4 Å². The number of ether oxygens (including phenoxy) is 1. The second-order valence-corrected chi connectivity index (χ2v) is 10.7. The van der Waals surface area contributed by atoms with Crippen LogP contribution >= 0.6 is 0 Å². The van der Waals surface area contributed by atoms with Gasteiger partial charge in [0.25, 0.3) is 5.91 Å². The fourth-order valence-corrected chi connectivity index (χ4v) is 5.77. The highest BCUT2D eigenvalue weighted by Crippen LogP contribution is 2.32. The van der Waals surface area contributed by atoms with Crippen LogP contribution in [0.1, 0.15) is 21.6 Å². The minimum atomic E-state index is -3.74. The van der Waals surface area contributed by atoms with Gasteiger partial charge in [-0.05, 0) is 43.4 Å². The molecular weight excluding hydrogens is 468 g/mol. The molecule has 11 heteroatoms. The molecule has 0 spiro atoms. The van der Waals surface area contributed by atoms with Crippen molar-refractivity contribution in [3.63, 3.8) is 0 Å². The zero-order valence-corrected chi connectivity index (χ0v) is 20.5. The predicted molar refractivity (Wildman–Crippen MR) is 132 cm³/mol. The second-order valence-electron chi connectivity index (χ2n) is 8.77. The van der Waals surface area contributed by atoms with Crippen LogP contribution in [-0.2, 0) is 23.1 Å².